The van der Waals surface area contributed by atoms with Crippen LogP contribution in [0.25, 0.3) is 0 Å². The Hall–Kier alpha value is -2.30. The highest BCUT2D eigenvalue weighted by atomic mass is 35.5. The lowest BCUT2D eigenvalue weighted by Crippen LogP contribution is -2.25. The Bertz CT molecular complexity index is 950. The number of ether oxygens (including phenoxy) is 1. The topological polar surface area (TPSA) is 46.6 Å². The second kappa shape index (κ2) is 7.37. The fraction of sp³-hybridized carbons (Fsp3) is 0.238. The predicted octanol–water partition coefficient (Wildman–Crippen LogP) is 5.03. The van der Waals surface area contributed by atoms with Crippen molar-refractivity contribution in [3.8, 4) is 0 Å². The summed E-state index contributed by atoms with van der Waals surface area (Å²) in [5.74, 6) is -0.985. The molecule has 0 saturated heterocycles. The lowest BCUT2D eigenvalue weighted by Gasteiger charge is -2.23. The molecule has 1 aliphatic heterocycles. The fourth-order valence-corrected chi connectivity index (χ4v) is 3.69. The number of ketones is 1. The third-order valence-electron chi connectivity index (χ3n) is 4.73. The van der Waals surface area contributed by atoms with Gasteiger partial charge in [-0.2, -0.15) is 0 Å². The molecule has 27 heavy (non-hydrogen) atoms. The van der Waals surface area contributed by atoms with Gasteiger partial charge in [0.2, 0.25) is 0 Å². The zero-order valence-corrected chi connectivity index (χ0v) is 16.8. The summed E-state index contributed by atoms with van der Waals surface area (Å²) in [6, 6.07) is 12.5. The van der Waals surface area contributed by atoms with Crippen molar-refractivity contribution in [1.29, 1.82) is 0 Å². The van der Waals surface area contributed by atoms with E-state index in [0.717, 1.165) is 16.9 Å². The fourth-order valence-electron chi connectivity index (χ4n) is 3.32. The van der Waals surface area contributed by atoms with Gasteiger partial charge in [-0.05, 0) is 29.8 Å². The minimum Gasteiger partial charge on any atom is -0.454 e. The molecule has 2 aromatic carbocycles. The number of hydrogen-bond donors (Lipinski definition) is 0. The molecule has 0 atom stereocenters. The maximum atomic E-state index is 12.4. The molecule has 1 heterocycles. The summed E-state index contributed by atoms with van der Waals surface area (Å²) in [5, 5.41) is 0.592. The van der Waals surface area contributed by atoms with E-state index in [9.17, 15) is 9.59 Å². The van der Waals surface area contributed by atoms with Crippen molar-refractivity contribution in [1.82, 2.24) is 0 Å². The minimum absolute atomic E-state index is 0.135. The van der Waals surface area contributed by atoms with Gasteiger partial charge in [0.25, 0.3) is 0 Å². The third-order valence-corrected chi connectivity index (χ3v) is 5.30. The van der Waals surface area contributed by atoms with Gasteiger partial charge in [-0.3, -0.25) is 4.79 Å². The number of carbonyl (C=O) groups is 2. The molecule has 0 aromatic heterocycles. The number of allylic oxidation sites excluding steroid dienone is 1. The summed E-state index contributed by atoms with van der Waals surface area (Å²) < 4.78 is 5.12. The first kappa shape index (κ1) is 19.5. The van der Waals surface area contributed by atoms with Gasteiger partial charge in [0.15, 0.2) is 12.4 Å². The summed E-state index contributed by atoms with van der Waals surface area (Å²) in [7, 11) is 1.92. The van der Waals surface area contributed by atoms with Crippen LogP contribution in [0, 0.1) is 0 Å². The summed E-state index contributed by atoms with van der Waals surface area (Å²) in [6.07, 6.45) is 1.53. The van der Waals surface area contributed by atoms with Crippen molar-refractivity contribution >= 4 is 40.6 Å². The molecule has 2 aromatic rings. The summed E-state index contributed by atoms with van der Waals surface area (Å²) >= 11 is 11.9. The molecule has 0 saturated carbocycles. The van der Waals surface area contributed by atoms with Crippen LogP contribution >= 0.6 is 23.2 Å². The number of likely N-dealkylation sites (N-methyl/N-ethyl adjacent to an activating group) is 1. The molecule has 0 unspecified atom stereocenters. The van der Waals surface area contributed by atoms with E-state index < -0.39 is 5.97 Å². The molecule has 0 amide bonds. The first-order chi connectivity index (χ1) is 12.7. The first-order valence-corrected chi connectivity index (χ1v) is 9.18. The second-order valence-corrected chi connectivity index (χ2v) is 7.74. The van der Waals surface area contributed by atoms with Gasteiger partial charge in [-0.15, -0.1) is 0 Å². The van der Waals surface area contributed by atoms with E-state index in [-0.39, 0.29) is 28.4 Å². The molecular weight excluding hydrogens is 385 g/mol. The normalized spacial score (nSPS) is 16.3. The van der Waals surface area contributed by atoms with E-state index in [0.29, 0.717) is 5.02 Å². The standard InChI is InChI=1S/C21H19Cl2NO3/c1-21(2)16-6-4-5-7-18(16)24(3)19(21)11-14(25)12-27-20(26)15-10-13(22)8-9-17(15)23/h4-11H,12H2,1-3H3. The zero-order chi connectivity index (χ0) is 19.8. The highest BCUT2D eigenvalue weighted by Gasteiger charge is 2.38. The monoisotopic (exact) mass is 403 g/mol. The Labute approximate surface area is 168 Å². The summed E-state index contributed by atoms with van der Waals surface area (Å²) in [5.41, 5.74) is 2.88. The highest BCUT2D eigenvalue weighted by Crippen LogP contribution is 2.46. The Morgan fingerprint density at radius 3 is 2.56 bits per heavy atom. The number of esters is 1. The van der Waals surface area contributed by atoms with Crippen LogP contribution in [0.3, 0.4) is 0 Å². The Balaban J connectivity index is 1.74. The van der Waals surface area contributed by atoms with Crippen LogP contribution < -0.4 is 4.90 Å². The average Bonchev–Trinajstić information content (AvgIpc) is 2.83. The largest absolute Gasteiger partial charge is 0.454 e. The average molecular weight is 404 g/mol. The number of halogens is 2. The van der Waals surface area contributed by atoms with Crippen LogP contribution in [0.15, 0.2) is 54.2 Å². The van der Waals surface area contributed by atoms with E-state index in [1.165, 1.54) is 18.2 Å². The lowest BCUT2D eigenvalue weighted by atomic mass is 9.83. The SMILES string of the molecule is CN1C(=CC(=O)COC(=O)c2cc(Cl)ccc2Cl)C(C)(C)c2ccccc21. The van der Waals surface area contributed by atoms with E-state index in [1.807, 2.05) is 30.1 Å². The molecule has 4 nitrogen and oxygen atoms in total. The van der Waals surface area contributed by atoms with E-state index >= 15 is 0 Å². The van der Waals surface area contributed by atoms with Gasteiger partial charge in [0, 0.05) is 34.9 Å². The number of anilines is 1. The Kier molecular flexibility index (Phi) is 5.31. The molecule has 3 rings (SSSR count). The molecule has 0 fully saturated rings. The maximum Gasteiger partial charge on any atom is 0.340 e. The van der Waals surface area contributed by atoms with Crippen molar-refractivity contribution in [2.45, 2.75) is 19.3 Å². The number of hydrogen-bond acceptors (Lipinski definition) is 4. The van der Waals surface area contributed by atoms with Crippen LogP contribution in [0.2, 0.25) is 10.0 Å². The molecule has 6 heteroatoms. The quantitative estimate of drug-likeness (QED) is 0.530. The van der Waals surface area contributed by atoms with Crippen molar-refractivity contribution in [3.63, 3.8) is 0 Å². The molecule has 0 N–H and O–H groups in total. The van der Waals surface area contributed by atoms with Crippen molar-refractivity contribution < 1.29 is 14.3 Å². The number of rotatable bonds is 4. The Morgan fingerprint density at radius 2 is 1.85 bits per heavy atom. The third kappa shape index (κ3) is 3.73. The van der Waals surface area contributed by atoms with Crippen LogP contribution in [-0.2, 0) is 14.9 Å². The second-order valence-electron chi connectivity index (χ2n) is 6.90. The van der Waals surface area contributed by atoms with Gasteiger partial charge in [0.05, 0.1) is 10.6 Å². The molecule has 0 bridgehead atoms. The maximum absolute atomic E-state index is 12.4. The van der Waals surface area contributed by atoms with Gasteiger partial charge in [-0.25, -0.2) is 4.79 Å². The van der Waals surface area contributed by atoms with Crippen LogP contribution in [0.4, 0.5) is 5.69 Å². The number of nitrogens with zero attached hydrogens (tertiary/aromatic N) is 1. The van der Waals surface area contributed by atoms with E-state index in [4.69, 9.17) is 27.9 Å². The van der Waals surface area contributed by atoms with Gasteiger partial charge in [-0.1, -0.05) is 55.2 Å². The van der Waals surface area contributed by atoms with Gasteiger partial charge in [0.1, 0.15) is 0 Å². The number of fused-ring (bicyclic) bond motifs is 1. The van der Waals surface area contributed by atoms with Crippen molar-refractivity contribution in [3.05, 3.63) is 75.4 Å². The van der Waals surface area contributed by atoms with Crippen molar-refractivity contribution in [2.24, 2.45) is 0 Å². The number of benzene rings is 2. The minimum atomic E-state index is -0.684. The zero-order valence-electron chi connectivity index (χ0n) is 15.3. The summed E-state index contributed by atoms with van der Waals surface area (Å²) in [6.45, 7) is 3.75. The molecule has 140 valence electrons. The molecule has 0 aliphatic carbocycles. The van der Waals surface area contributed by atoms with E-state index in [1.54, 1.807) is 6.07 Å². The highest BCUT2D eigenvalue weighted by molar-refractivity contribution is 6.35. The van der Waals surface area contributed by atoms with Gasteiger partial charge >= 0.3 is 5.97 Å². The van der Waals surface area contributed by atoms with Crippen LogP contribution in [-0.4, -0.2) is 25.4 Å². The van der Waals surface area contributed by atoms with E-state index in [2.05, 4.69) is 19.9 Å². The van der Waals surface area contributed by atoms with Crippen LogP contribution in [0.5, 0.6) is 0 Å². The predicted molar refractivity (Wildman–Crippen MR) is 108 cm³/mol. The lowest BCUT2D eigenvalue weighted by molar-refractivity contribution is -0.117. The van der Waals surface area contributed by atoms with Gasteiger partial charge < -0.3 is 9.64 Å². The summed E-state index contributed by atoms with van der Waals surface area (Å²) in [4.78, 5) is 26.6. The molecule has 1 aliphatic rings. The van der Waals surface area contributed by atoms with Crippen molar-refractivity contribution in [2.75, 3.05) is 18.6 Å². The number of para-hydroxylation sites is 1. The molecule has 0 radical (unpaired) electrons. The smallest absolute Gasteiger partial charge is 0.340 e. The Morgan fingerprint density at radius 1 is 1.15 bits per heavy atom. The molecular formula is C21H19Cl2NO3. The first-order valence-electron chi connectivity index (χ1n) is 8.42. The molecule has 0 spiro atoms. The van der Waals surface area contributed by atoms with Crippen LogP contribution in [0.1, 0.15) is 29.8 Å². The number of carbonyl (C=O) groups excluding carboxylic acids is 2.